The van der Waals surface area contributed by atoms with Crippen LogP contribution in [0.1, 0.15) is 31.7 Å². The van der Waals surface area contributed by atoms with Crippen molar-refractivity contribution in [3.05, 3.63) is 16.4 Å². The van der Waals surface area contributed by atoms with Gasteiger partial charge in [-0.05, 0) is 19.4 Å². The maximum Gasteiger partial charge on any atom is 0.168 e. The molecule has 21 heavy (non-hydrogen) atoms. The van der Waals surface area contributed by atoms with Crippen LogP contribution in [-0.2, 0) is 29.4 Å². The Kier molecular flexibility index (Phi) is 5.79. The predicted molar refractivity (Wildman–Crippen MR) is 82.8 cm³/mol. The van der Waals surface area contributed by atoms with E-state index in [2.05, 4.69) is 16.9 Å². The minimum atomic E-state index is -0.346. The number of ether oxygens (including phenoxy) is 1. The maximum absolute atomic E-state index is 12.5. The lowest BCUT2D eigenvalue weighted by Gasteiger charge is -2.31. The second-order valence-corrected chi connectivity index (χ2v) is 5.87. The summed E-state index contributed by atoms with van der Waals surface area (Å²) in [5, 5.41) is 4.97. The van der Waals surface area contributed by atoms with Crippen molar-refractivity contribution in [3.63, 3.8) is 0 Å². The van der Waals surface area contributed by atoms with Gasteiger partial charge in [-0.3, -0.25) is 14.4 Å². The van der Waals surface area contributed by atoms with Gasteiger partial charge in [0.05, 0.1) is 29.4 Å². The molecule has 1 fully saturated rings. The van der Waals surface area contributed by atoms with Crippen molar-refractivity contribution in [2.45, 2.75) is 39.2 Å². The zero-order valence-electron chi connectivity index (χ0n) is 13.1. The van der Waals surface area contributed by atoms with Crippen molar-refractivity contribution in [3.8, 4) is 0 Å². The topological polar surface area (TPSA) is 47.4 Å². The van der Waals surface area contributed by atoms with Crippen LogP contribution in [0.15, 0.2) is 0 Å². The summed E-state index contributed by atoms with van der Waals surface area (Å²) >= 11 is 6.30. The van der Waals surface area contributed by atoms with E-state index >= 15 is 0 Å². The average molecular weight is 314 g/mol. The van der Waals surface area contributed by atoms with E-state index in [4.69, 9.17) is 16.3 Å². The van der Waals surface area contributed by atoms with Gasteiger partial charge in [-0.2, -0.15) is 5.10 Å². The third-order valence-electron chi connectivity index (χ3n) is 3.89. The highest BCUT2D eigenvalue weighted by Gasteiger charge is 2.28. The van der Waals surface area contributed by atoms with E-state index in [1.165, 1.54) is 0 Å². The van der Waals surface area contributed by atoms with Gasteiger partial charge in [-0.15, -0.1) is 0 Å². The van der Waals surface area contributed by atoms with Crippen molar-refractivity contribution in [2.24, 2.45) is 7.05 Å². The molecule has 0 spiro atoms. The van der Waals surface area contributed by atoms with E-state index in [-0.39, 0.29) is 18.3 Å². The van der Waals surface area contributed by atoms with Crippen LogP contribution in [0.3, 0.4) is 0 Å². The normalized spacial score (nSPS) is 19.9. The number of rotatable bonds is 6. The molecular formula is C15H24ClN3O2. The van der Waals surface area contributed by atoms with Crippen molar-refractivity contribution in [2.75, 3.05) is 26.2 Å². The molecule has 1 aliphatic rings. The molecule has 1 aromatic heterocycles. The van der Waals surface area contributed by atoms with Crippen LogP contribution in [0, 0.1) is 0 Å². The number of ketones is 1. The number of halogens is 1. The highest BCUT2D eigenvalue weighted by molar-refractivity contribution is 6.32. The molecule has 0 radical (unpaired) electrons. The zero-order chi connectivity index (χ0) is 15.4. The second-order valence-electron chi connectivity index (χ2n) is 5.49. The Morgan fingerprint density at radius 3 is 2.86 bits per heavy atom. The number of hydrogen-bond donors (Lipinski definition) is 0. The largest absolute Gasteiger partial charge is 0.368 e. The first kappa shape index (κ1) is 16.5. The van der Waals surface area contributed by atoms with Crippen molar-refractivity contribution in [1.29, 1.82) is 0 Å². The third kappa shape index (κ3) is 3.84. The van der Waals surface area contributed by atoms with Gasteiger partial charge in [0.2, 0.25) is 0 Å². The fraction of sp³-hybridized carbons (Fsp3) is 0.733. The fourth-order valence-electron chi connectivity index (χ4n) is 2.71. The summed E-state index contributed by atoms with van der Waals surface area (Å²) in [7, 11) is 1.83. The molecule has 1 aromatic rings. The zero-order valence-corrected chi connectivity index (χ0v) is 13.8. The molecule has 118 valence electrons. The summed E-state index contributed by atoms with van der Waals surface area (Å²) in [6.45, 7) is 7.38. The summed E-state index contributed by atoms with van der Waals surface area (Å²) in [5.74, 6) is 0.0864. The molecule has 1 saturated heterocycles. The Labute approximate surface area is 131 Å². The van der Waals surface area contributed by atoms with Crippen LogP contribution in [0.25, 0.3) is 0 Å². The lowest BCUT2D eigenvalue weighted by Crippen LogP contribution is -2.46. The van der Waals surface area contributed by atoms with E-state index in [0.717, 1.165) is 37.3 Å². The smallest absolute Gasteiger partial charge is 0.168 e. The number of carbonyl (C=O) groups is 1. The van der Waals surface area contributed by atoms with Gasteiger partial charge in [0.15, 0.2) is 5.78 Å². The van der Waals surface area contributed by atoms with Crippen LogP contribution in [0.4, 0.5) is 0 Å². The number of carbonyl (C=O) groups excluding carboxylic acids is 1. The molecule has 6 heteroatoms. The van der Waals surface area contributed by atoms with E-state index < -0.39 is 0 Å². The number of nitrogens with zero attached hydrogens (tertiary/aromatic N) is 3. The van der Waals surface area contributed by atoms with Gasteiger partial charge in [0.25, 0.3) is 0 Å². The van der Waals surface area contributed by atoms with Crippen LogP contribution < -0.4 is 0 Å². The quantitative estimate of drug-likeness (QED) is 0.804. The standard InChI is InChI=1S/C15H24ClN3O2/c1-4-6-19-7-8-21-14(10-19)13(20)9-12-15(16)11(5-2)17-18(12)3/h14H,4-10H2,1-3H3. The van der Waals surface area contributed by atoms with E-state index in [1.54, 1.807) is 4.68 Å². The summed E-state index contributed by atoms with van der Waals surface area (Å²) in [6.07, 6.45) is 1.80. The summed E-state index contributed by atoms with van der Waals surface area (Å²) in [4.78, 5) is 14.8. The number of hydrogen-bond acceptors (Lipinski definition) is 4. The molecule has 1 atom stereocenters. The first-order valence-corrected chi connectivity index (χ1v) is 8.01. The van der Waals surface area contributed by atoms with E-state index in [1.807, 2.05) is 14.0 Å². The van der Waals surface area contributed by atoms with Gasteiger partial charge in [0.1, 0.15) is 6.10 Å². The fourth-order valence-corrected chi connectivity index (χ4v) is 3.07. The first-order valence-electron chi connectivity index (χ1n) is 7.63. The highest BCUT2D eigenvalue weighted by atomic mass is 35.5. The Morgan fingerprint density at radius 1 is 1.48 bits per heavy atom. The molecule has 0 aromatic carbocycles. The molecule has 0 bridgehead atoms. The van der Waals surface area contributed by atoms with Gasteiger partial charge in [-0.25, -0.2) is 0 Å². The Balaban J connectivity index is 2.02. The highest BCUT2D eigenvalue weighted by Crippen LogP contribution is 2.22. The van der Waals surface area contributed by atoms with Gasteiger partial charge in [-0.1, -0.05) is 25.4 Å². The molecule has 5 nitrogen and oxygen atoms in total. The third-order valence-corrected chi connectivity index (χ3v) is 4.33. The number of aromatic nitrogens is 2. The Hall–Kier alpha value is -0.910. The van der Waals surface area contributed by atoms with Gasteiger partial charge >= 0.3 is 0 Å². The molecule has 0 aliphatic carbocycles. The monoisotopic (exact) mass is 313 g/mol. The lowest BCUT2D eigenvalue weighted by atomic mass is 10.1. The molecule has 1 aliphatic heterocycles. The predicted octanol–water partition coefficient (Wildman–Crippen LogP) is 1.86. The van der Waals surface area contributed by atoms with Crippen molar-refractivity contribution >= 4 is 17.4 Å². The number of aryl methyl sites for hydroxylation is 2. The lowest BCUT2D eigenvalue weighted by molar-refractivity contribution is -0.135. The van der Waals surface area contributed by atoms with E-state index in [0.29, 0.717) is 18.2 Å². The molecule has 0 amide bonds. The minimum Gasteiger partial charge on any atom is -0.368 e. The maximum atomic E-state index is 12.5. The number of morpholine rings is 1. The molecule has 0 saturated carbocycles. The minimum absolute atomic E-state index is 0.0864. The molecule has 0 N–H and O–H groups in total. The van der Waals surface area contributed by atoms with Crippen molar-refractivity contribution in [1.82, 2.24) is 14.7 Å². The van der Waals surface area contributed by atoms with Crippen molar-refractivity contribution < 1.29 is 9.53 Å². The Bertz CT molecular complexity index is 499. The summed E-state index contributed by atoms with van der Waals surface area (Å²) in [6, 6.07) is 0. The molecule has 2 rings (SSSR count). The van der Waals surface area contributed by atoms with Crippen LogP contribution in [-0.4, -0.2) is 52.8 Å². The molecule has 1 unspecified atom stereocenters. The van der Waals surface area contributed by atoms with Crippen LogP contribution >= 0.6 is 11.6 Å². The van der Waals surface area contributed by atoms with Gasteiger partial charge in [0, 0.05) is 20.1 Å². The molecular weight excluding hydrogens is 290 g/mol. The number of Topliss-reactive ketones (excluding diaryl/α,β-unsaturated/α-hetero) is 1. The molecule has 2 heterocycles. The SMILES string of the molecule is CCCN1CCOC(C(=O)Cc2c(Cl)c(CC)nn2C)C1. The Morgan fingerprint density at radius 2 is 2.24 bits per heavy atom. The summed E-state index contributed by atoms with van der Waals surface area (Å²) in [5.41, 5.74) is 1.63. The van der Waals surface area contributed by atoms with Gasteiger partial charge < -0.3 is 4.74 Å². The van der Waals surface area contributed by atoms with Crippen LogP contribution in [0.2, 0.25) is 5.02 Å². The average Bonchev–Trinajstić information content (AvgIpc) is 2.75. The van der Waals surface area contributed by atoms with E-state index in [9.17, 15) is 4.79 Å². The van der Waals surface area contributed by atoms with Crippen LogP contribution in [0.5, 0.6) is 0 Å². The second kappa shape index (κ2) is 7.38. The summed E-state index contributed by atoms with van der Waals surface area (Å²) < 4.78 is 7.35. The first-order chi connectivity index (χ1) is 10.1.